The molecule has 0 saturated carbocycles. The lowest BCUT2D eigenvalue weighted by Gasteiger charge is -2.08. The summed E-state index contributed by atoms with van der Waals surface area (Å²) in [5.41, 5.74) is 2.06. The van der Waals surface area contributed by atoms with E-state index in [1.54, 1.807) is 11.6 Å². The topological polar surface area (TPSA) is 47.3 Å². The second kappa shape index (κ2) is 5.69. The molecule has 4 nitrogen and oxygen atoms in total. The monoisotopic (exact) mass is 246 g/mol. The fourth-order valence-corrected chi connectivity index (χ4v) is 1.73. The van der Waals surface area contributed by atoms with Crippen molar-refractivity contribution < 1.29 is 9.84 Å². The summed E-state index contributed by atoms with van der Waals surface area (Å²) in [5.74, 6) is 0.822. The normalized spacial score (nSPS) is 12.4. The summed E-state index contributed by atoms with van der Waals surface area (Å²) in [5, 5.41) is 13.5. The highest BCUT2D eigenvalue weighted by Gasteiger charge is 2.01. The summed E-state index contributed by atoms with van der Waals surface area (Å²) < 4.78 is 7.42. The van der Waals surface area contributed by atoms with E-state index in [2.05, 4.69) is 5.10 Å². The van der Waals surface area contributed by atoms with E-state index < -0.39 is 6.10 Å². The third kappa shape index (κ3) is 3.34. The molecule has 96 valence electrons. The molecule has 0 bridgehead atoms. The molecular weight excluding hydrogens is 228 g/mol. The molecule has 0 unspecified atom stereocenters. The van der Waals surface area contributed by atoms with E-state index in [4.69, 9.17) is 4.74 Å². The average molecular weight is 246 g/mol. The number of ether oxygens (including phenoxy) is 1. The maximum atomic E-state index is 9.39. The predicted molar refractivity (Wildman–Crippen MR) is 69.5 cm³/mol. The molecule has 0 radical (unpaired) electrons. The highest BCUT2D eigenvalue weighted by atomic mass is 16.5. The third-order valence-corrected chi connectivity index (χ3v) is 2.78. The molecule has 1 aromatic heterocycles. The molecule has 1 N–H and O–H groups in total. The Kier molecular flexibility index (Phi) is 3.99. The third-order valence-electron chi connectivity index (χ3n) is 2.78. The average Bonchev–Trinajstić information content (AvgIpc) is 2.76. The lowest BCUT2D eigenvalue weighted by Crippen LogP contribution is -2.01. The molecule has 0 fully saturated rings. The van der Waals surface area contributed by atoms with Crippen molar-refractivity contribution in [2.24, 2.45) is 7.05 Å². The Balaban J connectivity index is 1.83. The first-order valence-electron chi connectivity index (χ1n) is 6.03. The van der Waals surface area contributed by atoms with Crippen molar-refractivity contribution in [3.8, 4) is 5.75 Å². The summed E-state index contributed by atoms with van der Waals surface area (Å²) in [7, 11) is 1.90. The van der Waals surface area contributed by atoms with E-state index in [9.17, 15) is 5.11 Å². The van der Waals surface area contributed by atoms with Crippen molar-refractivity contribution in [2.45, 2.75) is 19.4 Å². The van der Waals surface area contributed by atoms with Crippen LogP contribution in [0.15, 0.2) is 36.7 Å². The van der Waals surface area contributed by atoms with E-state index in [0.29, 0.717) is 6.61 Å². The van der Waals surface area contributed by atoms with Gasteiger partial charge in [0.25, 0.3) is 0 Å². The molecular formula is C14H18N2O2. The van der Waals surface area contributed by atoms with E-state index in [1.165, 1.54) is 0 Å². The minimum Gasteiger partial charge on any atom is -0.493 e. The molecule has 2 rings (SSSR count). The number of rotatable bonds is 5. The first kappa shape index (κ1) is 12.6. The number of benzene rings is 1. The van der Waals surface area contributed by atoms with Gasteiger partial charge in [-0.25, -0.2) is 0 Å². The van der Waals surface area contributed by atoms with Crippen molar-refractivity contribution in [3.05, 3.63) is 47.8 Å². The van der Waals surface area contributed by atoms with Crippen LogP contribution in [-0.4, -0.2) is 21.5 Å². The predicted octanol–water partition coefficient (Wildman–Crippen LogP) is 2.09. The van der Waals surface area contributed by atoms with Crippen LogP contribution in [0.2, 0.25) is 0 Å². The van der Waals surface area contributed by atoms with E-state index in [-0.39, 0.29) is 0 Å². The molecule has 0 spiro atoms. The zero-order chi connectivity index (χ0) is 13.0. The molecule has 0 amide bonds. The molecule has 0 aliphatic carbocycles. The van der Waals surface area contributed by atoms with E-state index in [0.717, 1.165) is 23.3 Å². The Labute approximate surface area is 107 Å². The lowest BCUT2D eigenvalue weighted by molar-refractivity contribution is 0.199. The van der Waals surface area contributed by atoms with Crippen molar-refractivity contribution in [3.63, 3.8) is 0 Å². The number of aryl methyl sites for hydroxylation is 1. The zero-order valence-corrected chi connectivity index (χ0v) is 10.7. The van der Waals surface area contributed by atoms with E-state index >= 15 is 0 Å². The second-order valence-corrected chi connectivity index (χ2v) is 4.37. The number of aliphatic hydroxyl groups is 1. The summed E-state index contributed by atoms with van der Waals surface area (Å²) in [6.45, 7) is 2.37. The number of aromatic nitrogens is 2. The Morgan fingerprint density at radius 1 is 1.33 bits per heavy atom. The number of hydrogen-bond acceptors (Lipinski definition) is 3. The van der Waals surface area contributed by atoms with Crippen molar-refractivity contribution in [1.29, 1.82) is 0 Å². The smallest absolute Gasteiger partial charge is 0.119 e. The van der Waals surface area contributed by atoms with Crippen LogP contribution in [0.4, 0.5) is 0 Å². The van der Waals surface area contributed by atoms with E-state index in [1.807, 2.05) is 43.7 Å². The molecule has 0 aliphatic rings. The second-order valence-electron chi connectivity index (χ2n) is 4.37. The minimum atomic E-state index is -0.436. The highest BCUT2D eigenvalue weighted by Crippen LogP contribution is 2.17. The van der Waals surface area contributed by atoms with Crippen LogP contribution >= 0.6 is 0 Å². The molecule has 0 aliphatic heterocycles. The van der Waals surface area contributed by atoms with Crippen LogP contribution < -0.4 is 4.74 Å². The quantitative estimate of drug-likeness (QED) is 0.878. The molecule has 1 aromatic carbocycles. The number of nitrogens with zero attached hydrogens (tertiary/aromatic N) is 2. The van der Waals surface area contributed by atoms with Crippen molar-refractivity contribution in [1.82, 2.24) is 9.78 Å². The maximum absolute atomic E-state index is 9.39. The van der Waals surface area contributed by atoms with Crippen molar-refractivity contribution in [2.75, 3.05) is 6.61 Å². The SMILES string of the molecule is C[C@H](O)c1ccc(OCCc2cnn(C)c2)cc1. The summed E-state index contributed by atoms with van der Waals surface area (Å²) in [6.07, 6.45) is 4.24. The van der Waals surface area contributed by atoms with Crippen molar-refractivity contribution >= 4 is 0 Å². The first-order valence-corrected chi connectivity index (χ1v) is 6.03. The Morgan fingerprint density at radius 3 is 2.61 bits per heavy atom. The van der Waals surface area contributed by atoms with Gasteiger partial charge in [-0.3, -0.25) is 4.68 Å². The van der Waals surface area contributed by atoms with Gasteiger partial charge in [0, 0.05) is 19.7 Å². The minimum absolute atomic E-state index is 0.436. The van der Waals surface area contributed by atoms with Gasteiger partial charge in [-0.1, -0.05) is 12.1 Å². The Bertz CT molecular complexity index is 489. The molecule has 1 heterocycles. The van der Waals surface area contributed by atoms with Gasteiger partial charge >= 0.3 is 0 Å². The first-order chi connectivity index (χ1) is 8.65. The Morgan fingerprint density at radius 2 is 2.06 bits per heavy atom. The van der Waals surface area contributed by atoms with Gasteiger partial charge in [0.05, 0.1) is 18.9 Å². The van der Waals surface area contributed by atoms with Gasteiger partial charge in [-0.05, 0) is 30.2 Å². The van der Waals surface area contributed by atoms with Gasteiger partial charge in [-0.15, -0.1) is 0 Å². The molecule has 1 atom stereocenters. The molecule has 2 aromatic rings. The summed E-state index contributed by atoms with van der Waals surface area (Å²) in [6, 6.07) is 7.52. The summed E-state index contributed by atoms with van der Waals surface area (Å²) in [4.78, 5) is 0. The Hall–Kier alpha value is -1.81. The number of hydrogen-bond donors (Lipinski definition) is 1. The largest absolute Gasteiger partial charge is 0.493 e. The fourth-order valence-electron chi connectivity index (χ4n) is 1.73. The van der Waals surface area contributed by atoms with Gasteiger partial charge in [0.2, 0.25) is 0 Å². The van der Waals surface area contributed by atoms with Crippen LogP contribution in [0.25, 0.3) is 0 Å². The van der Waals surface area contributed by atoms with Crippen LogP contribution in [0.3, 0.4) is 0 Å². The van der Waals surface area contributed by atoms with Gasteiger partial charge in [0.15, 0.2) is 0 Å². The highest BCUT2D eigenvalue weighted by molar-refractivity contribution is 5.28. The van der Waals surface area contributed by atoms with Crippen LogP contribution in [0.1, 0.15) is 24.2 Å². The molecule has 18 heavy (non-hydrogen) atoms. The van der Waals surface area contributed by atoms with Gasteiger partial charge in [0.1, 0.15) is 5.75 Å². The zero-order valence-electron chi connectivity index (χ0n) is 10.7. The maximum Gasteiger partial charge on any atom is 0.119 e. The van der Waals surface area contributed by atoms with Gasteiger partial charge < -0.3 is 9.84 Å². The number of aliphatic hydroxyl groups excluding tert-OH is 1. The van der Waals surface area contributed by atoms with Crippen LogP contribution in [0, 0.1) is 0 Å². The molecule has 4 heteroatoms. The fraction of sp³-hybridized carbons (Fsp3) is 0.357. The van der Waals surface area contributed by atoms with Crippen LogP contribution in [0.5, 0.6) is 5.75 Å². The standard InChI is InChI=1S/C14H18N2O2/c1-11(17)13-3-5-14(6-4-13)18-8-7-12-9-15-16(2)10-12/h3-6,9-11,17H,7-8H2,1-2H3/t11-/m0/s1. The summed E-state index contributed by atoms with van der Waals surface area (Å²) >= 11 is 0. The van der Waals surface area contributed by atoms with Gasteiger partial charge in [-0.2, -0.15) is 5.10 Å². The lowest BCUT2D eigenvalue weighted by atomic mass is 10.1. The van der Waals surface area contributed by atoms with Crippen LogP contribution in [-0.2, 0) is 13.5 Å². The molecule has 0 saturated heterocycles.